The summed E-state index contributed by atoms with van der Waals surface area (Å²) in [7, 11) is 1.78. The van der Waals surface area contributed by atoms with Gasteiger partial charge in [0.2, 0.25) is 0 Å². The highest BCUT2D eigenvalue weighted by Gasteiger charge is 2.52. The third-order valence-corrected chi connectivity index (χ3v) is 7.12. The van der Waals surface area contributed by atoms with Crippen molar-refractivity contribution in [1.29, 1.82) is 0 Å². The lowest BCUT2D eigenvalue weighted by Crippen LogP contribution is -2.48. The van der Waals surface area contributed by atoms with Crippen LogP contribution in [0.4, 0.5) is 0 Å². The zero-order chi connectivity index (χ0) is 17.7. The van der Waals surface area contributed by atoms with Gasteiger partial charge in [0.1, 0.15) is 5.75 Å². The standard InChI is InChI=1S/C24H27NO/c1-25-15-21-10-20(19-5-3-2-4-6-19)11-22(23(21)26)24-12-16-7-17(13-24)9-18(8-16)14-24/h2-6,10-11,15-18,26H,7-9,12-14H2,1H3. The molecule has 4 fully saturated rings. The van der Waals surface area contributed by atoms with Crippen molar-refractivity contribution >= 4 is 6.21 Å². The first-order valence-corrected chi connectivity index (χ1v) is 10.0. The number of phenols is 1. The topological polar surface area (TPSA) is 32.6 Å². The summed E-state index contributed by atoms with van der Waals surface area (Å²) in [5, 5.41) is 11.2. The average Bonchev–Trinajstić information content (AvgIpc) is 2.63. The summed E-state index contributed by atoms with van der Waals surface area (Å²) >= 11 is 0. The highest BCUT2D eigenvalue weighted by atomic mass is 16.3. The van der Waals surface area contributed by atoms with Crippen molar-refractivity contribution < 1.29 is 5.11 Å². The molecular formula is C24H27NO. The van der Waals surface area contributed by atoms with Gasteiger partial charge < -0.3 is 5.11 Å². The smallest absolute Gasteiger partial charge is 0.128 e. The highest BCUT2D eigenvalue weighted by molar-refractivity contribution is 5.87. The Hall–Kier alpha value is -2.09. The lowest BCUT2D eigenvalue weighted by molar-refractivity contribution is -0.00611. The average molecular weight is 345 g/mol. The van der Waals surface area contributed by atoms with E-state index in [4.69, 9.17) is 0 Å². The molecule has 2 nitrogen and oxygen atoms in total. The van der Waals surface area contributed by atoms with Crippen molar-refractivity contribution in [3.8, 4) is 16.9 Å². The number of nitrogens with zero attached hydrogens (tertiary/aromatic N) is 1. The number of aromatic hydroxyl groups is 1. The van der Waals surface area contributed by atoms with Crippen LogP contribution in [0.5, 0.6) is 5.75 Å². The first-order valence-electron chi connectivity index (χ1n) is 10.0. The molecule has 0 atom stereocenters. The molecule has 0 unspecified atom stereocenters. The first kappa shape index (κ1) is 16.1. The van der Waals surface area contributed by atoms with E-state index in [0.717, 1.165) is 23.3 Å². The van der Waals surface area contributed by atoms with Gasteiger partial charge in [0.25, 0.3) is 0 Å². The second-order valence-electron chi connectivity index (χ2n) is 8.91. The molecule has 4 saturated carbocycles. The van der Waals surface area contributed by atoms with Gasteiger partial charge in [0, 0.05) is 24.4 Å². The molecule has 4 aliphatic rings. The van der Waals surface area contributed by atoms with E-state index in [2.05, 4.69) is 47.5 Å². The summed E-state index contributed by atoms with van der Waals surface area (Å²) in [5.74, 6) is 3.07. The van der Waals surface area contributed by atoms with Crippen molar-refractivity contribution in [3.05, 3.63) is 53.6 Å². The van der Waals surface area contributed by atoms with E-state index in [1.165, 1.54) is 55.2 Å². The Kier molecular flexibility index (Phi) is 3.70. The molecule has 0 aliphatic heterocycles. The van der Waals surface area contributed by atoms with E-state index in [1.54, 1.807) is 7.05 Å². The fourth-order valence-corrected chi connectivity index (χ4v) is 6.54. The van der Waals surface area contributed by atoms with Crippen LogP contribution in [-0.4, -0.2) is 18.4 Å². The molecule has 0 radical (unpaired) electrons. The van der Waals surface area contributed by atoms with Crippen molar-refractivity contribution in [2.24, 2.45) is 22.7 Å². The van der Waals surface area contributed by atoms with Crippen LogP contribution in [-0.2, 0) is 5.41 Å². The van der Waals surface area contributed by atoms with Crippen molar-refractivity contribution in [3.63, 3.8) is 0 Å². The second-order valence-corrected chi connectivity index (χ2v) is 8.91. The molecule has 6 rings (SSSR count). The summed E-state index contributed by atoms with van der Waals surface area (Å²) in [6.07, 6.45) is 9.84. The molecule has 0 amide bonds. The van der Waals surface area contributed by atoms with Gasteiger partial charge in [-0.25, -0.2) is 0 Å². The quantitative estimate of drug-likeness (QED) is 0.724. The predicted molar refractivity (Wildman–Crippen MR) is 107 cm³/mol. The molecule has 0 saturated heterocycles. The summed E-state index contributed by atoms with van der Waals surface area (Å²) in [6, 6.07) is 14.9. The first-order chi connectivity index (χ1) is 12.7. The predicted octanol–water partition coefficient (Wildman–Crippen LogP) is 5.58. The van der Waals surface area contributed by atoms with E-state index in [-0.39, 0.29) is 5.41 Å². The van der Waals surface area contributed by atoms with Crippen molar-refractivity contribution in [1.82, 2.24) is 0 Å². The minimum absolute atomic E-state index is 0.181. The van der Waals surface area contributed by atoms with Crippen LogP contribution in [0.15, 0.2) is 47.5 Å². The van der Waals surface area contributed by atoms with E-state index < -0.39 is 0 Å². The zero-order valence-electron chi connectivity index (χ0n) is 15.5. The zero-order valence-corrected chi connectivity index (χ0v) is 15.5. The Morgan fingerprint density at radius 3 is 2.12 bits per heavy atom. The maximum absolute atomic E-state index is 11.2. The van der Waals surface area contributed by atoms with Crippen LogP contribution in [0, 0.1) is 17.8 Å². The lowest BCUT2D eigenvalue weighted by Gasteiger charge is -2.57. The molecular weight excluding hydrogens is 318 g/mol. The van der Waals surface area contributed by atoms with Crippen LogP contribution >= 0.6 is 0 Å². The van der Waals surface area contributed by atoms with Gasteiger partial charge in [0.05, 0.1) is 0 Å². The van der Waals surface area contributed by atoms with Gasteiger partial charge in [-0.05, 0) is 85.0 Å². The molecule has 0 heterocycles. The molecule has 0 spiro atoms. The summed E-state index contributed by atoms with van der Waals surface area (Å²) in [6.45, 7) is 0. The Morgan fingerprint density at radius 1 is 0.923 bits per heavy atom. The van der Waals surface area contributed by atoms with Gasteiger partial charge >= 0.3 is 0 Å². The van der Waals surface area contributed by atoms with E-state index >= 15 is 0 Å². The van der Waals surface area contributed by atoms with Crippen molar-refractivity contribution in [2.75, 3.05) is 7.05 Å². The van der Waals surface area contributed by atoms with Crippen molar-refractivity contribution in [2.45, 2.75) is 43.9 Å². The summed E-state index contributed by atoms with van der Waals surface area (Å²) < 4.78 is 0. The van der Waals surface area contributed by atoms with Gasteiger partial charge in [-0.15, -0.1) is 0 Å². The minimum atomic E-state index is 0.181. The molecule has 2 aromatic carbocycles. The Balaban J connectivity index is 1.67. The van der Waals surface area contributed by atoms with Crippen LogP contribution in [0.1, 0.15) is 49.7 Å². The molecule has 2 heteroatoms. The van der Waals surface area contributed by atoms with Gasteiger partial charge in [0.15, 0.2) is 0 Å². The van der Waals surface area contributed by atoms with Crippen LogP contribution in [0.2, 0.25) is 0 Å². The normalized spacial score (nSPS) is 32.4. The molecule has 4 aliphatic carbocycles. The van der Waals surface area contributed by atoms with Crippen LogP contribution in [0.3, 0.4) is 0 Å². The Bertz CT molecular complexity index is 817. The number of benzene rings is 2. The molecule has 0 aromatic heterocycles. The fraction of sp³-hybridized carbons (Fsp3) is 0.458. The maximum atomic E-state index is 11.2. The maximum Gasteiger partial charge on any atom is 0.128 e. The Labute approximate surface area is 156 Å². The SMILES string of the molecule is CN=Cc1cc(-c2ccccc2)cc(C23CC4CC(CC(C4)C2)C3)c1O. The van der Waals surface area contributed by atoms with Crippen LogP contribution in [0.25, 0.3) is 11.1 Å². The minimum Gasteiger partial charge on any atom is -0.507 e. The number of hydrogen-bond donors (Lipinski definition) is 1. The van der Waals surface area contributed by atoms with Gasteiger partial charge in [-0.3, -0.25) is 4.99 Å². The van der Waals surface area contributed by atoms with E-state index in [1.807, 2.05) is 6.21 Å². The lowest BCUT2D eigenvalue weighted by atomic mass is 9.48. The third kappa shape index (κ3) is 2.50. The number of rotatable bonds is 3. The molecule has 26 heavy (non-hydrogen) atoms. The second kappa shape index (κ2) is 5.97. The van der Waals surface area contributed by atoms with Gasteiger partial charge in [-0.2, -0.15) is 0 Å². The van der Waals surface area contributed by atoms with E-state index in [9.17, 15) is 5.11 Å². The molecule has 1 N–H and O–H groups in total. The van der Waals surface area contributed by atoms with Crippen LogP contribution < -0.4 is 0 Å². The molecule has 134 valence electrons. The summed E-state index contributed by atoms with van der Waals surface area (Å²) in [4.78, 5) is 4.20. The number of phenolic OH excluding ortho intramolecular Hbond substituents is 1. The molecule has 2 aromatic rings. The van der Waals surface area contributed by atoms with Gasteiger partial charge in [-0.1, -0.05) is 30.3 Å². The summed E-state index contributed by atoms with van der Waals surface area (Å²) in [5.41, 5.74) is 4.64. The molecule has 4 bridgehead atoms. The highest BCUT2D eigenvalue weighted by Crippen LogP contribution is 2.62. The fourth-order valence-electron chi connectivity index (χ4n) is 6.54. The van der Waals surface area contributed by atoms with E-state index in [0.29, 0.717) is 5.75 Å². The largest absolute Gasteiger partial charge is 0.507 e. The number of hydrogen-bond acceptors (Lipinski definition) is 2. The number of aliphatic imine (C=N–C) groups is 1. The Morgan fingerprint density at radius 2 is 1.54 bits per heavy atom. The third-order valence-electron chi connectivity index (χ3n) is 7.12. The monoisotopic (exact) mass is 345 g/mol.